The second-order valence-corrected chi connectivity index (χ2v) is 4.86. The summed E-state index contributed by atoms with van der Waals surface area (Å²) in [7, 11) is 0. The standard InChI is InChI=1S/C13H15F2N3O3/c14-8-5-6-10(18(20)21)12(11(8)15)17-13(19)9-4-2-1-3-7-16-9/h5-6,9,16H,1-4,7H2,(H,17,19). The Morgan fingerprint density at radius 1 is 1.33 bits per heavy atom. The fourth-order valence-electron chi connectivity index (χ4n) is 2.27. The van der Waals surface area contributed by atoms with Crippen molar-refractivity contribution in [2.75, 3.05) is 11.9 Å². The van der Waals surface area contributed by atoms with Crippen LogP contribution in [-0.2, 0) is 4.79 Å². The summed E-state index contributed by atoms with van der Waals surface area (Å²) in [4.78, 5) is 22.1. The number of nitro groups is 1. The Kier molecular flexibility index (Phi) is 4.79. The molecule has 1 aliphatic rings. The number of nitrogens with zero attached hydrogens (tertiary/aromatic N) is 1. The summed E-state index contributed by atoms with van der Waals surface area (Å²) in [5, 5.41) is 16.0. The van der Waals surface area contributed by atoms with E-state index in [1.165, 1.54) is 0 Å². The molecule has 0 spiro atoms. The monoisotopic (exact) mass is 299 g/mol. The molecule has 1 aliphatic heterocycles. The van der Waals surface area contributed by atoms with Crippen LogP contribution in [-0.4, -0.2) is 23.4 Å². The van der Waals surface area contributed by atoms with Crippen LogP contribution in [0.15, 0.2) is 12.1 Å². The predicted molar refractivity (Wildman–Crippen MR) is 71.9 cm³/mol. The fraction of sp³-hybridized carbons (Fsp3) is 0.462. The number of carbonyl (C=O) groups excluding carboxylic acids is 1. The van der Waals surface area contributed by atoms with E-state index in [-0.39, 0.29) is 0 Å². The molecule has 0 saturated carbocycles. The van der Waals surface area contributed by atoms with Gasteiger partial charge in [0, 0.05) is 6.07 Å². The number of nitrogens with one attached hydrogen (secondary N) is 2. The van der Waals surface area contributed by atoms with Gasteiger partial charge in [-0.3, -0.25) is 14.9 Å². The van der Waals surface area contributed by atoms with Crippen LogP contribution in [0.3, 0.4) is 0 Å². The Labute approximate surface area is 119 Å². The van der Waals surface area contributed by atoms with Crippen molar-refractivity contribution in [2.24, 2.45) is 0 Å². The van der Waals surface area contributed by atoms with E-state index in [0.717, 1.165) is 25.3 Å². The first-order valence-corrected chi connectivity index (χ1v) is 6.67. The number of hydrogen-bond acceptors (Lipinski definition) is 4. The van der Waals surface area contributed by atoms with Gasteiger partial charge in [0.05, 0.1) is 11.0 Å². The maximum Gasteiger partial charge on any atom is 0.296 e. The predicted octanol–water partition coefficient (Wildman–Crippen LogP) is 2.34. The second kappa shape index (κ2) is 6.57. The molecule has 1 heterocycles. The number of rotatable bonds is 3. The van der Waals surface area contributed by atoms with Crippen molar-refractivity contribution in [2.45, 2.75) is 31.7 Å². The second-order valence-electron chi connectivity index (χ2n) is 4.86. The van der Waals surface area contributed by atoms with E-state index in [2.05, 4.69) is 10.6 Å². The van der Waals surface area contributed by atoms with Gasteiger partial charge in [0.25, 0.3) is 5.69 Å². The first kappa shape index (κ1) is 15.3. The summed E-state index contributed by atoms with van der Waals surface area (Å²) < 4.78 is 26.9. The number of halogens is 2. The molecule has 1 amide bonds. The van der Waals surface area contributed by atoms with Crippen LogP contribution in [0.4, 0.5) is 20.2 Å². The minimum atomic E-state index is -1.42. The molecule has 1 fully saturated rings. The first-order chi connectivity index (χ1) is 10.0. The molecule has 1 saturated heterocycles. The average Bonchev–Trinajstić information content (AvgIpc) is 2.72. The number of anilines is 1. The molecule has 0 radical (unpaired) electrons. The van der Waals surface area contributed by atoms with E-state index in [1.807, 2.05) is 0 Å². The third-order valence-corrected chi connectivity index (χ3v) is 3.39. The van der Waals surface area contributed by atoms with Gasteiger partial charge in [-0.2, -0.15) is 0 Å². The van der Waals surface area contributed by atoms with Gasteiger partial charge in [0.2, 0.25) is 5.91 Å². The highest BCUT2D eigenvalue weighted by atomic mass is 19.2. The molecule has 6 nitrogen and oxygen atoms in total. The van der Waals surface area contributed by atoms with Crippen LogP contribution in [0.1, 0.15) is 25.7 Å². The van der Waals surface area contributed by atoms with Crippen LogP contribution in [0.2, 0.25) is 0 Å². The maximum atomic E-state index is 13.7. The quantitative estimate of drug-likeness (QED) is 0.663. The number of benzene rings is 1. The average molecular weight is 299 g/mol. The van der Waals surface area contributed by atoms with Crippen molar-refractivity contribution in [3.05, 3.63) is 33.9 Å². The summed E-state index contributed by atoms with van der Waals surface area (Å²) in [6, 6.07) is 0.927. The lowest BCUT2D eigenvalue weighted by molar-refractivity contribution is -0.384. The Morgan fingerprint density at radius 3 is 2.81 bits per heavy atom. The lowest BCUT2D eigenvalue weighted by atomic mass is 10.1. The van der Waals surface area contributed by atoms with E-state index < -0.39 is 39.9 Å². The molecule has 114 valence electrons. The summed E-state index contributed by atoms with van der Waals surface area (Å²) in [6.07, 6.45) is 3.29. The molecule has 2 N–H and O–H groups in total. The molecule has 0 aliphatic carbocycles. The van der Waals surface area contributed by atoms with Crippen molar-refractivity contribution in [3.63, 3.8) is 0 Å². The molecule has 1 atom stereocenters. The van der Waals surface area contributed by atoms with Gasteiger partial charge in [-0.1, -0.05) is 12.8 Å². The zero-order valence-corrected chi connectivity index (χ0v) is 11.2. The van der Waals surface area contributed by atoms with E-state index >= 15 is 0 Å². The summed E-state index contributed by atoms with van der Waals surface area (Å²) >= 11 is 0. The van der Waals surface area contributed by atoms with Gasteiger partial charge < -0.3 is 10.6 Å². The molecule has 21 heavy (non-hydrogen) atoms. The van der Waals surface area contributed by atoms with Crippen molar-refractivity contribution >= 4 is 17.3 Å². The molecular formula is C13H15F2N3O3. The Morgan fingerprint density at radius 2 is 2.10 bits per heavy atom. The van der Waals surface area contributed by atoms with Crippen molar-refractivity contribution in [1.82, 2.24) is 5.32 Å². The van der Waals surface area contributed by atoms with Gasteiger partial charge in [-0.05, 0) is 25.5 Å². The molecule has 1 aromatic carbocycles. The van der Waals surface area contributed by atoms with Gasteiger partial charge in [-0.15, -0.1) is 0 Å². The van der Waals surface area contributed by atoms with Crippen molar-refractivity contribution in [1.29, 1.82) is 0 Å². The van der Waals surface area contributed by atoms with Crippen LogP contribution < -0.4 is 10.6 Å². The number of carbonyl (C=O) groups is 1. The summed E-state index contributed by atoms with van der Waals surface area (Å²) in [6.45, 7) is 0.645. The van der Waals surface area contributed by atoms with Gasteiger partial charge >= 0.3 is 0 Å². The van der Waals surface area contributed by atoms with Crippen LogP contribution in [0.5, 0.6) is 0 Å². The van der Waals surface area contributed by atoms with Crippen LogP contribution in [0, 0.1) is 21.7 Å². The third kappa shape index (κ3) is 3.52. The maximum absolute atomic E-state index is 13.7. The highest BCUT2D eigenvalue weighted by Crippen LogP contribution is 2.29. The van der Waals surface area contributed by atoms with Crippen molar-refractivity contribution < 1.29 is 18.5 Å². The molecule has 8 heteroatoms. The van der Waals surface area contributed by atoms with Gasteiger partial charge in [0.1, 0.15) is 0 Å². The molecule has 0 aromatic heterocycles. The Balaban J connectivity index is 2.23. The molecular weight excluding hydrogens is 284 g/mol. The normalized spacial score (nSPS) is 18.9. The minimum absolute atomic E-state index is 0.552. The largest absolute Gasteiger partial charge is 0.316 e. The Hall–Kier alpha value is -2.09. The first-order valence-electron chi connectivity index (χ1n) is 6.67. The van der Waals surface area contributed by atoms with Gasteiger partial charge in [0.15, 0.2) is 17.3 Å². The third-order valence-electron chi connectivity index (χ3n) is 3.39. The van der Waals surface area contributed by atoms with Crippen LogP contribution in [0.25, 0.3) is 0 Å². The zero-order chi connectivity index (χ0) is 15.4. The number of nitro benzene ring substituents is 1. The van der Waals surface area contributed by atoms with Crippen molar-refractivity contribution in [3.8, 4) is 0 Å². The number of hydrogen-bond donors (Lipinski definition) is 2. The molecule has 0 bridgehead atoms. The van der Waals surface area contributed by atoms with Crippen LogP contribution >= 0.6 is 0 Å². The van der Waals surface area contributed by atoms with E-state index in [0.29, 0.717) is 19.0 Å². The lowest BCUT2D eigenvalue weighted by Gasteiger charge is -2.16. The van der Waals surface area contributed by atoms with E-state index in [9.17, 15) is 23.7 Å². The Bertz CT molecular complexity index is 558. The molecule has 2 rings (SSSR count). The summed E-state index contributed by atoms with van der Waals surface area (Å²) in [5.41, 5.74) is -1.40. The smallest absolute Gasteiger partial charge is 0.296 e. The lowest BCUT2D eigenvalue weighted by Crippen LogP contribution is -2.40. The topological polar surface area (TPSA) is 84.3 Å². The fourth-order valence-corrected chi connectivity index (χ4v) is 2.27. The van der Waals surface area contributed by atoms with Gasteiger partial charge in [-0.25, -0.2) is 8.78 Å². The minimum Gasteiger partial charge on any atom is -0.316 e. The SMILES string of the molecule is O=C(Nc1c([N+](=O)[O-])ccc(F)c1F)C1CCCCCN1. The molecule has 1 aromatic rings. The zero-order valence-electron chi connectivity index (χ0n) is 11.2. The van der Waals surface area contributed by atoms with E-state index in [4.69, 9.17) is 0 Å². The highest BCUT2D eigenvalue weighted by molar-refractivity contribution is 5.96. The summed E-state index contributed by atoms with van der Waals surface area (Å²) in [5.74, 6) is -3.26. The highest BCUT2D eigenvalue weighted by Gasteiger charge is 2.26. The number of amides is 1. The molecule has 1 unspecified atom stereocenters. The van der Waals surface area contributed by atoms with E-state index in [1.54, 1.807) is 0 Å².